The summed E-state index contributed by atoms with van der Waals surface area (Å²) in [5, 5.41) is 11.5. The molecule has 1 heterocycles. The van der Waals surface area contributed by atoms with Gasteiger partial charge in [0, 0.05) is 24.5 Å². The van der Waals surface area contributed by atoms with Gasteiger partial charge in [0.15, 0.2) is 0 Å². The van der Waals surface area contributed by atoms with E-state index in [9.17, 15) is 9.59 Å². The van der Waals surface area contributed by atoms with Gasteiger partial charge in [-0.25, -0.2) is 4.79 Å². The first-order chi connectivity index (χ1) is 14.9. The number of carbonyl (C=O) groups is 2. The molecule has 1 aliphatic carbocycles. The van der Waals surface area contributed by atoms with E-state index in [0.29, 0.717) is 24.4 Å². The zero-order valence-corrected chi connectivity index (χ0v) is 18.3. The van der Waals surface area contributed by atoms with Gasteiger partial charge in [0.05, 0.1) is 0 Å². The van der Waals surface area contributed by atoms with Crippen molar-refractivity contribution in [2.45, 2.75) is 58.0 Å². The normalized spacial score (nSPS) is 20.6. The molecule has 6 nitrogen and oxygen atoms in total. The maximum atomic E-state index is 12.1. The number of anilines is 2. The molecule has 1 saturated heterocycles. The molecule has 1 atom stereocenters. The summed E-state index contributed by atoms with van der Waals surface area (Å²) in [4.78, 5) is 23.2. The lowest BCUT2D eigenvalue weighted by Gasteiger charge is -2.34. The van der Waals surface area contributed by atoms with Gasteiger partial charge in [-0.2, -0.15) is 0 Å². The highest BCUT2D eigenvalue weighted by Crippen LogP contribution is 2.42. The Kier molecular flexibility index (Phi) is 6.16. The Morgan fingerprint density at radius 2 is 1.61 bits per heavy atom. The Labute approximate surface area is 184 Å². The van der Waals surface area contributed by atoms with E-state index in [-0.39, 0.29) is 11.9 Å². The number of nitrogens with one attached hydrogen (secondary N) is 4. The van der Waals surface area contributed by atoms with Gasteiger partial charge in [0.2, 0.25) is 5.91 Å². The van der Waals surface area contributed by atoms with Crippen molar-refractivity contribution in [1.29, 1.82) is 0 Å². The highest BCUT2D eigenvalue weighted by molar-refractivity contribution is 5.90. The lowest BCUT2D eigenvalue weighted by Crippen LogP contribution is -2.42. The van der Waals surface area contributed by atoms with Crippen molar-refractivity contribution >= 4 is 23.3 Å². The maximum Gasteiger partial charge on any atom is 0.315 e. The highest BCUT2D eigenvalue weighted by Gasteiger charge is 2.27. The molecule has 3 amide bonds. The van der Waals surface area contributed by atoms with Crippen molar-refractivity contribution in [2.24, 2.45) is 5.41 Å². The third kappa shape index (κ3) is 5.57. The van der Waals surface area contributed by atoms with Crippen LogP contribution in [0.1, 0.15) is 56.6 Å². The zero-order valence-electron chi connectivity index (χ0n) is 18.3. The molecule has 2 aromatic carbocycles. The lowest BCUT2D eigenvalue weighted by molar-refractivity contribution is -0.122. The predicted molar refractivity (Wildman–Crippen MR) is 123 cm³/mol. The molecule has 164 valence electrons. The summed E-state index contributed by atoms with van der Waals surface area (Å²) in [6, 6.07) is 16.0. The minimum atomic E-state index is -0.503. The van der Waals surface area contributed by atoms with E-state index in [0.717, 1.165) is 16.9 Å². The monoisotopic (exact) mass is 420 g/mol. The fourth-order valence-electron chi connectivity index (χ4n) is 4.37. The summed E-state index contributed by atoms with van der Waals surface area (Å²) >= 11 is 0. The van der Waals surface area contributed by atoms with Crippen LogP contribution in [0.15, 0.2) is 48.5 Å². The van der Waals surface area contributed by atoms with Crippen molar-refractivity contribution < 1.29 is 9.59 Å². The predicted octanol–water partition coefficient (Wildman–Crippen LogP) is 4.41. The Balaban J connectivity index is 1.27. The van der Waals surface area contributed by atoms with E-state index < -0.39 is 6.04 Å². The maximum absolute atomic E-state index is 12.1. The molecule has 0 aromatic heterocycles. The van der Waals surface area contributed by atoms with Crippen LogP contribution >= 0.6 is 0 Å². The first kappa shape index (κ1) is 21.2. The molecule has 6 heteroatoms. The lowest BCUT2D eigenvalue weighted by atomic mass is 9.71. The first-order valence-corrected chi connectivity index (χ1v) is 11.2. The van der Waals surface area contributed by atoms with E-state index in [1.54, 1.807) is 0 Å². The molecular weight excluding hydrogens is 388 g/mol. The van der Waals surface area contributed by atoms with Crippen molar-refractivity contribution in [3.8, 4) is 0 Å². The Morgan fingerprint density at radius 1 is 1.00 bits per heavy atom. The van der Waals surface area contributed by atoms with Gasteiger partial charge in [0.25, 0.3) is 0 Å². The van der Waals surface area contributed by atoms with Crippen LogP contribution in [0.3, 0.4) is 0 Å². The standard InChI is InChI=1S/C25H32N4O2/c1-25(2)13-11-19(12-14-25)18-5-9-21(10-6-18)28-20-7-3-17(4-8-20)15-26-23(30)22-16-27-24(31)29-22/h3-10,19,22,28H,11-16H2,1-2H3,(H,26,30)(H2,27,29,31)/t22-/m1/s1. The molecule has 0 radical (unpaired) electrons. The topological polar surface area (TPSA) is 82.3 Å². The van der Waals surface area contributed by atoms with Crippen molar-refractivity contribution in [1.82, 2.24) is 16.0 Å². The van der Waals surface area contributed by atoms with Crippen LogP contribution in [-0.2, 0) is 11.3 Å². The second-order valence-corrected chi connectivity index (χ2v) is 9.51. The van der Waals surface area contributed by atoms with Gasteiger partial charge in [-0.05, 0) is 72.4 Å². The van der Waals surface area contributed by atoms with Gasteiger partial charge in [-0.3, -0.25) is 4.79 Å². The highest BCUT2D eigenvalue weighted by atomic mass is 16.2. The van der Waals surface area contributed by atoms with Crippen LogP contribution in [0.2, 0.25) is 0 Å². The summed E-state index contributed by atoms with van der Waals surface area (Å²) in [5.41, 5.74) is 5.03. The summed E-state index contributed by atoms with van der Waals surface area (Å²) < 4.78 is 0. The molecule has 0 spiro atoms. The summed E-state index contributed by atoms with van der Waals surface area (Å²) in [5.74, 6) is 0.507. The SMILES string of the molecule is CC1(C)CCC(c2ccc(Nc3ccc(CNC(=O)[C@H]4CNC(=O)N4)cc3)cc2)CC1. The van der Waals surface area contributed by atoms with Gasteiger partial charge < -0.3 is 21.3 Å². The molecule has 0 unspecified atom stereocenters. The molecule has 1 aliphatic heterocycles. The minimum Gasteiger partial charge on any atom is -0.356 e. The fraction of sp³-hybridized carbons (Fsp3) is 0.440. The quantitative estimate of drug-likeness (QED) is 0.559. The average Bonchev–Trinajstić information content (AvgIpc) is 3.20. The average molecular weight is 421 g/mol. The number of urea groups is 1. The van der Waals surface area contributed by atoms with Crippen molar-refractivity contribution in [3.63, 3.8) is 0 Å². The van der Waals surface area contributed by atoms with E-state index in [1.807, 2.05) is 24.3 Å². The number of hydrogen-bond donors (Lipinski definition) is 4. The van der Waals surface area contributed by atoms with Crippen LogP contribution in [0.25, 0.3) is 0 Å². The second-order valence-electron chi connectivity index (χ2n) is 9.51. The summed E-state index contributed by atoms with van der Waals surface area (Å²) in [6.45, 7) is 5.51. The van der Waals surface area contributed by atoms with Gasteiger partial charge in [0.1, 0.15) is 6.04 Å². The van der Waals surface area contributed by atoms with Crippen LogP contribution in [-0.4, -0.2) is 24.5 Å². The van der Waals surface area contributed by atoms with E-state index >= 15 is 0 Å². The van der Waals surface area contributed by atoms with Crippen molar-refractivity contribution in [3.05, 3.63) is 59.7 Å². The van der Waals surface area contributed by atoms with Gasteiger partial charge >= 0.3 is 6.03 Å². The molecule has 0 bridgehead atoms. The third-order valence-electron chi connectivity index (χ3n) is 6.52. The molecule has 2 aliphatic rings. The Hall–Kier alpha value is -3.02. The fourth-order valence-corrected chi connectivity index (χ4v) is 4.37. The van der Waals surface area contributed by atoms with E-state index in [1.165, 1.54) is 31.2 Å². The molecule has 2 fully saturated rings. The zero-order chi connectivity index (χ0) is 21.8. The third-order valence-corrected chi connectivity index (χ3v) is 6.52. The number of carbonyl (C=O) groups excluding carboxylic acids is 2. The van der Waals surface area contributed by atoms with Gasteiger partial charge in [-0.1, -0.05) is 38.1 Å². The second kappa shape index (κ2) is 9.00. The number of hydrogen-bond acceptors (Lipinski definition) is 3. The molecular formula is C25H32N4O2. The first-order valence-electron chi connectivity index (χ1n) is 11.2. The molecule has 2 aromatic rings. The van der Waals surface area contributed by atoms with Crippen LogP contribution in [0, 0.1) is 5.41 Å². The van der Waals surface area contributed by atoms with E-state index in [4.69, 9.17) is 0 Å². The number of amides is 3. The molecule has 4 rings (SSSR count). The summed E-state index contributed by atoms with van der Waals surface area (Å²) in [6.07, 6.45) is 5.16. The van der Waals surface area contributed by atoms with Gasteiger partial charge in [-0.15, -0.1) is 0 Å². The molecule has 31 heavy (non-hydrogen) atoms. The molecule has 1 saturated carbocycles. The van der Waals surface area contributed by atoms with E-state index in [2.05, 4.69) is 59.4 Å². The Bertz CT molecular complexity index is 912. The number of rotatable bonds is 6. The number of benzene rings is 2. The van der Waals surface area contributed by atoms with Crippen LogP contribution in [0.4, 0.5) is 16.2 Å². The molecule has 4 N–H and O–H groups in total. The summed E-state index contributed by atoms with van der Waals surface area (Å²) in [7, 11) is 0. The minimum absolute atomic E-state index is 0.179. The van der Waals surface area contributed by atoms with Crippen LogP contribution < -0.4 is 21.3 Å². The van der Waals surface area contributed by atoms with Crippen LogP contribution in [0.5, 0.6) is 0 Å². The van der Waals surface area contributed by atoms with Crippen molar-refractivity contribution in [2.75, 3.05) is 11.9 Å². The Morgan fingerprint density at radius 3 is 2.19 bits per heavy atom. The largest absolute Gasteiger partial charge is 0.356 e. The smallest absolute Gasteiger partial charge is 0.315 e.